The first kappa shape index (κ1) is 19.8. The zero-order valence-corrected chi connectivity index (χ0v) is 17.1. The molecule has 1 aromatic carbocycles. The van der Waals surface area contributed by atoms with Crippen LogP contribution < -0.4 is 16.1 Å². The summed E-state index contributed by atoms with van der Waals surface area (Å²) in [5, 5.41) is 11.6. The second kappa shape index (κ2) is 8.10. The van der Waals surface area contributed by atoms with Crippen molar-refractivity contribution < 1.29 is 9.50 Å². The summed E-state index contributed by atoms with van der Waals surface area (Å²) in [5.74, 6) is -0.400. The van der Waals surface area contributed by atoms with Gasteiger partial charge in [0, 0.05) is 56.2 Å². The molecule has 1 aliphatic heterocycles. The average Bonchev–Trinajstić information content (AvgIpc) is 3.15. The first-order valence-electron chi connectivity index (χ1n) is 9.68. The number of halogens is 1. The zero-order chi connectivity index (χ0) is 20.5. The first-order chi connectivity index (χ1) is 14.0. The van der Waals surface area contributed by atoms with Crippen LogP contribution in [0.3, 0.4) is 0 Å². The molecule has 9 heteroatoms. The number of aryl methyl sites for hydroxylation is 1. The monoisotopic (exact) mass is 417 g/mol. The van der Waals surface area contributed by atoms with E-state index < -0.39 is 5.82 Å². The lowest BCUT2D eigenvalue weighted by Gasteiger charge is -2.36. The fourth-order valence-corrected chi connectivity index (χ4v) is 4.41. The Kier molecular flexibility index (Phi) is 5.53. The summed E-state index contributed by atoms with van der Waals surface area (Å²) in [6.07, 6.45) is 1.78. The highest BCUT2D eigenvalue weighted by atomic mass is 32.1. The van der Waals surface area contributed by atoms with Gasteiger partial charge in [-0.1, -0.05) is 0 Å². The number of aromatic nitrogens is 2. The number of thiazole rings is 1. The van der Waals surface area contributed by atoms with E-state index in [2.05, 4.69) is 9.88 Å². The van der Waals surface area contributed by atoms with Gasteiger partial charge in [0.1, 0.15) is 5.82 Å². The van der Waals surface area contributed by atoms with E-state index in [0.29, 0.717) is 59.2 Å². The van der Waals surface area contributed by atoms with Crippen molar-refractivity contribution in [3.05, 3.63) is 39.8 Å². The molecule has 0 unspecified atom stereocenters. The number of aliphatic hydroxyl groups is 1. The van der Waals surface area contributed by atoms with Gasteiger partial charge in [0.05, 0.1) is 29.1 Å². The van der Waals surface area contributed by atoms with Gasteiger partial charge >= 0.3 is 0 Å². The Balaban J connectivity index is 1.77. The molecule has 29 heavy (non-hydrogen) atoms. The van der Waals surface area contributed by atoms with Crippen molar-refractivity contribution in [2.24, 2.45) is 0 Å². The van der Waals surface area contributed by atoms with Gasteiger partial charge in [-0.3, -0.25) is 9.69 Å². The van der Waals surface area contributed by atoms with Gasteiger partial charge in [0.15, 0.2) is 10.6 Å². The molecule has 0 bridgehead atoms. The van der Waals surface area contributed by atoms with Crippen LogP contribution in [0.5, 0.6) is 0 Å². The van der Waals surface area contributed by atoms with E-state index in [0.717, 1.165) is 13.1 Å². The van der Waals surface area contributed by atoms with Crippen LogP contribution in [0.1, 0.15) is 6.92 Å². The Labute approximate surface area is 171 Å². The van der Waals surface area contributed by atoms with Crippen LogP contribution in [-0.2, 0) is 6.54 Å². The molecular weight excluding hydrogens is 393 g/mol. The van der Waals surface area contributed by atoms with Gasteiger partial charge in [-0.05, 0) is 19.1 Å². The molecule has 0 radical (unpaired) electrons. The average molecular weight is 418 g/mol. The highest BCUT2D eigenvalue weighted by Crippen LogP contribution is 2.28. The number of β-amino-alcohol motifs (C(OH)–C–C–N with tert-alkyl or cyclic N) is 1. The van der Waals surface area contributed by atoms with Crippen LogP contribution in [0.2, 0.25) is 0 Å². The summed E-state index contributed by atoms with van der Waals surface area (Å²) >= 11 is 1.27. The number of piperazine rings is 1. The normalized spacial score (nSPS) is 15.3. The van der Waals surface area contributed by atoms with E-state index in [9.17, 15) is 4.79 Å². The maximum absolute atomic E-state index is 15.0. The molecule has 3 heterocycles. The summed E-state index contributed by atoms with van der Waals surface area (Å²) in [6, 6.07) is 3.12. The molecule has 1 aliphatic rings. The molecule has 0 amide bonds. The van der Waals surface area contributed by atoms with Crippen LogP contribution in [0, 0.1) is 5.82 Å². The van der Waals surface area contributed by atoms with Crippen LogP contribution in [-0.4, -0.2) is 58.9 Å². The Morgan fingerprint density at radius 3 is 2.66 bits per heavy atom. The summed E-state index contributed by atoms with van der Waals surface area (Å²) < 4.78 is 17.0. The Morgan fingerprint density at radius 2 is 2.03 bits per heavy atom. The van der Waals surface area contributed by atoms with Gasteiger partial charge in [-0.2, -0.15) is 0 Å². The van der Waals surface area contributed by atoms with Crippen molar-refractivity contribution in [3.8, 4) is 11.3 Å². The standard InChI is InChI=1S/C20H24FN5O2S/c1-2-25-11-14(16-12-29-20(22)23-16)19(28)13-9-15(21)18(10-17(13)25)26-5-3-24(4-6-26)7-8-27/h9-12,27H,2-8H2,1H3,(H2,22,23). The molecule has 0 saturated carbocycles. The molecule has 0 atom stereocenters. The van der Waals surface area contributed by atoms with E-state index in [-0.39, 0.29) is 12.0 Å². The van der Waals surface area contributed by atoms with Gasteiger partial charge in [-0.15, -0.1) is 11.3 Å². The predicted molar refractivity (Wildman–Crippen MR) is 115 cm³/mol. The smallest absolute Gasteiger partial charge is 0.198 e. The van der Waals surface area contributed by atoms with Crippen LogP contribution in [0.15, 0.2) is 28.5 Å². The molecule has 4 rings (SSSR count). The Hall–Kier alpha value is -2.49. The van der Waals surface area contributed by atoms with Gasteiger partial charge in [-0.25, -0.2) is 9.37 Å². The molecule has 0 aliphatic carbocycles. The lowest BCUT2D eigenvalue weighted by molar-refractivity contribution is 0.188. The number of benzene rings is 1. The maximum Gasteiger partial charge on any atom is 0.198 e. The SMILES string of the molecule is CCn1cc(-c2csc(N)n2)c(=O)c2cc(F)c(N3CCN(CCO)CC3)cc21. The fourth-order valence-electron chi connectivity index (χ4n) is 3.85. The molecular formula is C20H24FN5O2S. The van der Waals surface area contributed by atoms with E-state index in [1.165, 1.54) is 17.4 Å². The molecule has 2 aromatic heterocycles. The van der Waals surface area contributed by atoms with Crippen molar-refractivity contribution in [2.45, 2.75) is 13.5 Å². The minimum atomic E-state index is -0.400. The molecule has 0 spiro atoms. The number of fused-ring (bicyclic) bond motifs is 1. The minimum absolute atomic E-state index is 0.125. The third-order valence-corrected chi connectivity index (χ3v) is 6.09. The van der Waals surface area contributed by atoms with Gasteiger partial charge < -0.3 is 20.3 Å². The van der Waals surface area contributed by atoms with Crippen molar-refractivity contribution in [3.63, 3.8) is 0 Å². The number of rotatable bonds is 5. The van der Waals surface area contributed by atoms with Crippen molar-refractivity contribution in [2.75, 3.05) is 50.0 Å². The van der Waals surface area contributed by atoms with Crippen molar-refractivity contribution in [1.29, 1.82) is 0 Å². The molecule has 1 fully saturated rings. The molecule has 7 nitrogen and oxygen atoms in total. The van der Waals surface area contributed by atoms with E-state index in [1.54, 1.807) is 17.6 Å². The quantitative estimate of drug-likeness (QED) is 0.660. The van der Waals surface area contributed by atoms with Gasteiger partial charge in [0.25, 0.3) is 0 Å². The molecule has 3 aromatic rings. The van der Waals surface area contributed by atoms with Gasteiger partial charge in [0.2, 0.25) is 0 Å². The zero-order valence-electron chi connectivity index (χ0n) is 16.3. The van der Waals surface area contributed by atoms with E-state index in [1.807, 2.05) is 16.4 Å². The largest absolute Gasteiger partial charge is 0.395 e. The highest BCUT2D eigenvalue weighted by Gasteiger charge is 2.21. The predicted octanol–water partition coefficient (Wildman–Crippen LogP) is 1.98. The second-order valence-corrected chi connectivity index (χ2v) is 7.99. The molecule has 3 N–H and O–H groups in total. The van der Waals surface area contributed by atoms with Crippen LogP contribution in [0.25, 0.3) is 22.2 Å². The number of hydrogen-bond donors (Lipinski definition) is 2. The summed E-state index contributed by atoms with van der Waals surface area (Å²) in [4.78, 5) is 21.4. The summed E-state index contributed by atoms with van der Waals surface area (Å²) in [6.45, 7) is 6.27. The van der Waals surface area contributed by atoms with Crippen molar-refractivity contribution >= 4 is 33.1 Å². The second-order valence-electron chi connectivity index (χ2n) is 7.10. The number of nitrogens with zero attached hydrogens (tertiary/aromatic N) is 4. The van der Waals surface area contributed by atoms with E-state index >= 15 is 4.39 Å². The van der Waals surface area contributed by atoms with Crippen molar-refractivity contribution in [1.82, 2.24) is 14.5 Å². The third kappa shape index (κ3) is 3.73. The topological polar surface area (TPSA) is 87.6 Å². The number of aliphatic hydroxyl groups excluding tert-OH is 1. The summed E-state index contributed by atoms with van der Waals surface area (Å²) in [7, 11) is 0. The number of pyridine rings is 1. The Morgan fingerprint density at radius 1 is 1.28 bits per heavy atom. The van der Waals surface area contributed by atoms with Crippen LogP contribution >= 0.6 is 11.3 Å². The Bertz CT molecular complexity index is 1090. The number of anilines is 2. The first-order valence-corrected chi connectivity index (χ1v) is 10.6. The minimum Gasteiger partial charge on any atom is -0.395 e. The lowest BCUT2D eigenvalue weighted by Crippen LogP contribution is -2.47. The fraction of sp³-hybridized carbons (Fsp3) is 0.400. The molecule has 154 valence electrons. The maximum atomic E-state index is 15.0. The molecule has 1 saturated heterocycles. The lowest BCUT2D eigenvalue weighted by atomic mass is 10.1. The number of nitrogen functional groups attached to an aromatic ring is 1. The highest BCUT2D eigenvalue weighted by molar-refractivity contribution is 7.13. The van der Waals surface area contributed by atoms with E-state index in [4.69, 9.17) is 10.8 Å². The van der Waals surface area contributed by atoms with Crippen LogP contribution in [0.4, 0.5) is 15.2 Å². The number of nitrogens with two attached hydrogens (primary N) is 1. The third-order valence-electron chi connectivity index (χ3n) is 5.42. The number of hydrogen-bond acceptors (Lipinski definition) is 7. The summed E-state index contributed by atoms with van der Waals surface area (Å²) in [5.41, 5.74) is 7.64.